The molecule has 8 heteroatoms. The number of nitrogens with zero attached hydrogens (tertiary/aromatic N) is 1. The molecule has 1 aliphatic rings. The maximum Gasteiger partial charge on any atom is 0.294 e. The lowest BCUT2D eigenvalue weighted by Crippen LogP contribution is -2.45. The summed E-state index contributed by atoms with van der Waals surface area (Å²) in [5.41, 5.74) is 1.39. The van der Waals surface area contributed by atoms with Crippen LogP contribution in [-0.2, 0) is 16.0 Å². The number of imide groups is 1. The largest absolute Gasteiger partial charge is 0.394 e. The van der Waals surface area contributed by atoms with Crippen molar-refractivity contribution >= 4 is 34.9 Å². The van der Waals surface area contributed by atoms with Crippen molar-refractivity contribution in [2.45, 2.75) is 12.5 Å². The van der Waals surface area contributed by atoms with Gasteiger partial charge in [-0.1, -0.05) is 42.5 Å². The second-order valence-electron chi connectivity index (χ2n) is 6.46. The molecule has 2 aromatic carbocycles. The maximum absolute atomic E-state index is 13.3. The summed E-state index contributed by atoms with van der Waals surface area (Å²) in [5, 5.41) is 11.6. The Morgan fingerprint density at radius 3 is 2.62 bits per heavy atom. The number of aliphatic hydroxyl groups excluding tert-OH is 1. The van der Waals surface area contributed by atoms with Crippen LogP contribution in [0.2, 0.25) is 0 Å². The van der Waals surface area contributed by atoms with Crippen LogP contribution in [0.15, 0.2) is 59.5 Å². The SMILES string of the molecule is O=C(CN1C(=O)S/C(=C\c2cccc(F)c2)C1=O)NC(CO)Cc1ccccc1. The number of carbonyl (C=O) groups excluding carboxylic acids is 3. The molecule has 0 aromatic heterocycles. The number of halogens is 1. The lowest BCUT2D eigenvalue weighted by Gasteiger charge is -2.18. The molecule has 150 valence electrons. The number of hydrogen-bond acceptors (Lipinski definition) is 5. The highest BCUT2D eigenvalue weighted by Crippen LogP contribution is 2.32. The van der Waals surface area contributed by atoms with Crippen LogP contribution in [0, 0.1) is 5.82 Å². The molecule has 0 saturated carbocycles. The number of rotatable bonds is 7. The van der Waals surface area contributed by atoms with Crippen LogP contribution < -0.4 is 5.32 Å². The van der Waals surface area contributed by atoms with Gasteiger partial charge in [0.1, 0.15) is 12.4 Å². The van der Waals surface area contributed by atoms with E-state index in [2.05, 4.69) is 5.32 Å². The molecule has 0 aliphatic carbocycles. The van der Waals surface area contributed by atoms with Gasteiger partial charge in [-0.15, -0.1) is 0 Å². The van der Waals surface area contributed by atoms with E-state index in [0.717, 1.165) is 10.5 Å². The first-order valence-corrected chi connectivity index (χ1v) is 9.73. The topological polar surface area (TPSA) is 86.7 Å². The Morgan fingerprint density at radius 1 is 1.17 bits per heavy atom. The van der Waals surface area contributed by atoms with Crippen molar-refractivity contribution in [2.24, 2.45) is 0 Å². The van der Waals surface area contributed by atoms with Gasteiger partial charge in [0.15, 0.2) is 0 Å². The number of nitrogens with one attached hydrogen (secondary N) is 1. The number of aliphatic hydroxyl groups is 1. The number of benzene rings is 2. The molecular weight excluding hydrogens is 395 g/mol. The minimum absolute atomic E-state index is 0.122. The molecule has 1 unspecified atom stereocenters. The molecule has 6 nitrogen and oxygen atoms in total. The van der Waals surface area contributed by atoms with Crippen LogP contribution in [0.1, 0.15) is 11.1 Å². The van der Waals surface area contributed by atoms with E-state index < -0.39 is 35.5 Å². The van der Waals surface area contributed by atoms with Crippen molar-refractivity contribution < 1.29 is 23.9 Å². The van der Waals surface area contributed by atoms with Crippen LogP contribution >= 0.6 is 11.8 Å². The van der Waals surface area contributed by atoms with Crippen LogP contribution in [0.25, 0.3) is 6.08 Å². The van der Waals surface area contributed by atoms with Crippen molar-refractivity contribution in [3.05, 3.63) is 76.4 Å². The molecule has 1 heterocycles. The first-order valence-electron chi connectivity index (χ1n) is 8.91. The zero-order valence-corrected chi connectivity index (χ0v) is 16.2. The number of carbonyl (C=O) groups is 3. The van der Waals surface area contributed by atoms with Gasteiger partial charge in [-0.2, -0.15) is 0 Å². The summed E-state index contributed by atoms with van der Waals surface area (Å²) < 4.78 is 13.3. The molecule has 0 bridgehead atoms. The Hall–Kier alpha value is -2.97. The minimum Gasteiger partial charge on any atom is -0.394 e. The second kappa shape index (κ2) is 9.49. The molecule has 2 N–H and O–H groups in total. The first kappa shape index (κ1) is 20.8. The van der Waals surface area contributed by atoms with Crippen LogP contribution in [0.4, 0.5) is 9.18 Å². The van der Waals surface area contributed by atoms with E-state index in [1.165, 1.54) is 24.3 Å². The zero-order chi connectivity index (χ0) is 20.8. The first-order chi connectivity index (χ1) is 14.0. The van der Waals surface area contributed by atoms with Gasteiger partial charge in [-0.3, -0.25) is 19.3 Å². The highest BCUT2D eigenvalue weighted by Gasteiger charge is 2.36. The van der Waals surface area contributed by atoms with E-state index in [9.17, 15) is 23.9 Å². The maximum atomic E-state index is 13.3. The van der Waals surface area contributed by atoms with Gasteiger partial charge in [0.25, 0.3) is 11.1 Å². The third-order valence-corrected chi connectivity index (χ3v) is 5.14. The highest BCUT2D eigenvalue weighted by molar-refractivity contribution is 8.18. The average Bonchev–Trinajstić information content (AvgIpc) is 2.95. The van der Waals surface area contributed by atoms with E-state index in [-0.39, 0.29) is 11.5 Å². The molecule has 3 amide bonds. The van der Waals surface area contributed by atoms with E-state index in [1.54, 1.807) is 6.07 Å². The summed E-state index contributed by atoms with van der Waals surface area (Å²) in [5.74, 6) is -1.61. The Kier molecular flexibility index (Phi) is 6.79. The van der Waals surface area contributed by atoms with Crippen LogP contribution in [-0.4, -0.2) is 46.3 Å². The number of hydrogen-bond donors (Lipinski definition) is 2. The summed E-state index contributed by atoms with van der Waals surface area (Å²) in [7, 11) is 0. The molecular formula is C21H19FN2O4S. The average molecular weight is 414 g/mol. The van der Waals surface area contributed by atoms with Crippen LogP contribution in [0.5, 0.6) is 0 Å². The summed E-state index contributed by atoms with van der Waals surface area (Å²) in [6, 6.07) is 14.4. The normalized spacial score (nSPS) is 16.3. The molecule has 29 heavy (non-hydrogen) atoms. The van der Waals surface area contributed by atoms with Gasteiger partial charge in [-0.25, -0.2) is 4.39 Å². The smallest absolute Gasteiger partial charge is 0.294 e. The van der Waals surface area contributed by atoms with Gasteiger partial charge in [0.2, 0.25) is 5.91 Å². The molecule has 2 aromatic rings. The molecule has 1 atom stereocenters. The minimum atomic E-state index is -0.608. The molecule has 0 spiro atoms. The van der Waals surface area contributed by atoms with Crippen molar-refractivity contribution in [1.29, 1.82) is 0 Å². The molecule has 3 rings (SSSR count). The Balaban J connectivity index is 1.62. The Labute approximate surface area is 171 Å². The molecule has 1 saturated heterocycles. The fourth-order valence-electron chi connectivity index (χ4n) is 2.86. The van der Waals surface area contributed by atoms with Gasteiger partial charge in [0, 0.05) is 0 Å². The summed E-state index contributed by atoms with van der Waals surface area (Å²) >= 11 is 0.698. The fourth-order valence-corrected chi connectivity index (χ4v) is 3.70. The highest BCUT2D eigenvalue weighted by atomic mass is 32.2. The van der Waals surface area contributed by atoms with Gasteiger partial charge >= 0.3 is 0 Å². The number of thioether (sulfide) groups is 1. The lowest BCUT2D eigenvalue weighted by molar-refractivity contribution is -0.129. The fraction of sp³-hybridized carbons (Fsp3) is 0.190. The summed E-state index contributed by atoms with van der Waals surface area (Å²) in [4.78, 5) is 37.9. The molecule has 1 fully saturated rings. The number of amides is 3. The van der Waals surface area contributed by atoms with Crippen molar-refractivity contribution in [1.82, 2.24) is 10.2 Å². The Bertz CT molecular complexity index is 949. The van der Waals surface area contributed by atoms with Crippen molar-refractivity contribution in [3.8, 4) is 0 Å². The zero-order valence-electron chi connectivity index (χ0n) is 15.4. The van der Waals surface area contributed by atoms with Crippen LogP contribution in [0.3, 0.4) is 0 Å². The van der Waals surface area contributed by atoms with E-state index in [0.29, 0.717) is 23.7 Å². The lowest BCUT2D eigenvalue weighted by atomic mass is 10.1. The van der Waals surface area contributed by atoms with E-state index >= 15 is 0 Å². The van der Waals surface area contributed by atoms with Gasteiger partial charge in [-0.05, 0) is 47.5 Å². The van der Waals surface area contributed by atoms with E-state index in [1.807, 2.05) is 30.3 Å². The van der Waals surface area contributed by atoms with Gasteiger partial charge in [0.05, 0.1) is 17.6 Å². The summed E-state index contributed by atoms with van der Waals surface area (Å²) in [6.45, 7) is -0.724. The summed E-state index contributed by atoms with van der Waals surface area (Å²) in [6.07, 6.45) is 1.84. The quantitative estimate of drug-likeness (QED) is 0.680. The van der Waals surface area contributed by atoms with Crippen molar-refractivity contribution in [2.75, 3.05) is 13.2 Å². The Morgan fingerprint density at radius 2 is 1.93 bits per heavy atom. The van der Waals surface area contributed by atoms with Gasteiger partial charge < -0.3 is 10.4 Å². The standard InChI is InChI=1S/C21H19FN2O4S/c22-16-8-4-7-15(9-16)11-18-20(27)24(21(28)29-18)12-19(26)23-17(13-25)10-14-5-2-1-3-6-14/h1-9,11,17,25H,10,12-13H2,(H,23,26)/b18-11-. The van der Waals surface area contributed by atoms with Crippen molar-refractivity contribution in [3.63, 3.8) is 0 Å². The predicted molar refractivity (Wildman–Crippen MR) is 108 cm³/mol. The molecule has 0 radical (unpaired) electrons. The third kappa shape index (κ3) is 5.52. The monoisotopic (exact) mass is 414 g/mol. The predicted octanol–water partition coefficient (Wildman–Crippen LogP) is 2.58. The third-order valence-electron chi connectivity index (χ3n) is 4.23. The molecule has 1 aliphatic heterocycles. The second-order valence-corrected chi connectivity index (χ2v) is 7.45. The van der Waals surface area contributed by atoms with E-state index in [4.69, 9.17) is 0 Å².